The van der Waals surface area contributed by atoms with Crippen molar-refractivity contribution < 1.29 is 12.9 Å². The van der Waals surface area contributed by atoms with E-state index >= 15 is 0 Å². The molecule has 2 N–H and O–H groups in total. The van der Waals surface area contributed by atoms with E-state index in [1.54, 1.807) is 23.5 Å². The van der Waals surface area contributed by atoms with E-state index in [9.17, 15) is 8.42 Å². The van der Waals surface area contributed by atoms with Gasteiger partial charge in [-0.2, -0.15) is 4.98 Å². The average molecular weight is 376 g/mol. The van der Waals surface area contributed by atoms with Crippen LogP contribution in [-0.2, 0) is 23.0 Å². The van der Waals surface area contributed by atoms with Crippen molar-refractivity contribution in [2.75, 3.05) is 4.90 Å². The van der Waals surface area contributed by atoms with E-state index in [1.807, 2.05) is 17.5 Å². The highest BCUT2D eigenvalue weighted by molar-refractivity contribution is 7.89. The molecule has 130 valence electrons. The maximum Gasteiger partial charge on any atom is 0.246 e. The molecule has 25 heavy (non-hydrogen) atoms. The van der Waals surface area contributed by atoms with Crippen molar-refractivity contribution in [1.82, 2.24) is 10.1 Å². The number of aromatic nitrogens is 2. The fraction of sp³-hybridized carbons (Fsp3) is 0.250. The highest BCUT2D eigenvalue weighted by Crippen LogP contribution is 2.35. The monoisotopic (exact) mass is 376 g/mol. The molecule has 0 aliphatic carbocycles. The van der Waals surface area contributed by atoms with E-state index in [2.05, 4.69) is 22.0 Å². The molecular weight excluding hydrogens is 360 g/mol. The Morgan fingerprint density at radius 3 is 2.96 bits per heavy atom. The van der Waals surface area contributed by atoms with Crippen LogP contribution in [-0.4, -0.2) is 24.6 Å². The van der Waals surface area contributed by atoms with Crippen LogP contribution in [0.1, 0.15) is 18.4 Å². The Morgan fingerprint density at radius 1 is 1.40 bits per heavy atom. The van der Waals surface area contributed by atoms with E-state index < -0.39 is 10.0 Å². The van der Waals surface area contributed by atoms with Gasteiger partial charge in [-0.05, 0) is 48.6 Å². The van der Waals surface area contributed by atoms with Gasteiger partial charge in [0.05, 0.1) is 16.3 Å². The number of anilines is 1. The number of nitrogens with zero attached hydrogens (tertiary/aromatic N) is 3. The Hall–Kier alpha value is -2.23. The highest BCUT2D eigenvalue weighted by Gasteiger charge is 2.28. The van der Waals surface area contributed by atoms with E-state index in [0.29, 0.717) is 18.3 Å². The molecule has 1 aromatic carbocycles. The lowest BCUT2D eigenvalue weighted by molar-refractivity contribution is 0.374. The molecule has 9 heteroatoms. The minimum atomic E-state index is -3.70. The van der Waals surface area contributed by atoms with Gasteiger partial charge in [-0.3, -0.25) is 0 Å². The molecule has 0 bridgehead atoms. The summed E-state index contributed by atoms with van der Waals surface area (Å²) >= 11 is 1.56. The first kappa shape index (κ1) is 16.2. The predicted molar refractivity (Wildman–Crippen MR) is 94.8 cm³/mol. The molecule has 4 rings (SSSR count). The normalized spacial score (nSPS) is 17.0. The molecule has 3 aromatic rings. The first-order chi connectivity index (χ1) is 11.9. The summed E-state index contributed by atoms with van der Waals surface area (Å²) in [7, 11) is -3.70. The first-order valence-electron chi connectivity index (χ1n) is 7.70. The summed E-state index contributed by atoms with van der Waals surface area (Å²) in [6, 6.07) is 9.05. The molecule has 0 saturated heterocycles. The van der Waals surface area contributed by atoms with Crippen molar-refractivity contribution >= 4 is 27.0 Å². The Labute approximate surface area is 149 Å². The fourth-order valence-corrected chi connectivity index (χ4v) is 4.27. The van der Waals surface area contributed by atoms with Crippen LogP contribution in [0.3, 0.4) is 0 Å². The van der Waals surface area contributed by atoms with Crippen LogP contribution in [0.25, 0.3) is 10.7 Å². The Balaban J connectivity index is 1.60. The molecular formula is C16H16N4O3S2. The molecule has 2 aromatic heterocycles. The van der Waals surface area contributed by atoms with Gasteiger partial charge in [-0.15, -0.1) is 11.3 Å². The van der Waals surface area contributed by atoms with Crippen LogP contribution in [0.15, 0.2) is 45.1 Å². The Morgan fingerprint density at radius 2 is 2.24 bits per heavy atom. The van der Waals surface area contributed by atoms with E-state index in [0.717, 1.165) is 22.5 Å². The van der Waals surface area contributed by atoms with Crippen molar-refractivity contribution in [3.8, 4) is 10.7 Å². The van der Waals surface area contributed by atoms with E-state index in [1.165, 1.54) is 6.07 Å². The number of primary sulfonamides is 1. The smallest absolute Gasteiger partial charge is 0.246 e. The van der Waals surface area contributed by atoms with Crippen molar-refractivity contribution in [3.63, 3.8) is 0 Å². The quantitative estimate of drug-likeness (QED) is 0.750. The van der Waals surface area contributed by atoms with Gasteiger partial charge in [0.2, 0.25) is 21.7 Å². The summed E-state index contributed by atoms with van der Waals surface area (Å²) in [6.07, 6.45) is 0.741. The number of rotatable bonds is 4. The first-order valence-corrected chi connectivity index (χ1v) is 10.1. The number of thiophene rings is 1. The summed E-state index contributed by atoms with van der Waals surface area (Å²) in [5.41, 5.74) is 1.92. The van der Waals surface area contributed by atoms with Gasteiger partial charge in [-0.1, -0.05) is 11.2 Å². The molecule has 1 atom stereocenters. The lowest BCUT2D eigenvalue weighted by Gasteiger charge is -2.22. The van der Waals surface area contributed by atoms with Crippen LogP contribution in [0.2, 0.25) is 0 Å². The van der Waals surface area contributed by atoms with Crippen molar-refractivity contribution in [2.24, 2.45) is 5.14 Å². The molecule has 1 aliphatic rings. The summed E-state index contributed by atoms with van der Waals surface area (Å²) in [5, 5.41) is 11.2. The number of benzene rings is 1. The number of hydrogen-bond acceptors (Lipinski definition) is 7. The molecule has 1 unspecified atom stereocenters. The lowest BCUT2D eigenvalue weighted by Crippen LogP contribution is -2.28. The third kappa shape index (κ3) is 3.06. The number of nitrogens with two attached hydrogens (primary N) is 1. The van der Waals surface area contributed by atoms with Crippen LogP contribution < -0.4 is 10.0 Å². The molecule has 0 radical (unpaired) electrons. The Kier molecular flexibility index (Phi) is 3.86. The zero-order valence-corrected chi connectivity index (χ0v) is 15.0. The van der Waals surface area contributed by atoms with Gasteiger partial charge < -0.3 is 9.42 Å². The number of sulfonamides is 1. The van der Waals surface area contributed by atoms with Crippen LogP contribution in [0.4, 0.5) is 5.69 Å². The van der Waals surface area contributed by atoms with Gasteiger partial charge in [0.25, 0.3) is 0 Å². The standard InChI is InChI=1S/C16H16N4O3S2/c1-10-7-11-8-12(25(17,21)22)4-5-13(11)20(10)9-15-18-16(19-23-15)14-3-2-6-24-14/h2-6,8,10H,7,9H2,1H3,(H2,17,21,22). The molecule has 0 fully saturated rings. The second-order valence-electron chi connectivity index (χ2n) is 6.01. The maximum atomic E-state index is 11.5. The van der Waals surface area contributed by atoms with Gasteiger partial charge in [0.1, 0.15) is 0 Å². The second kappa shape index (κ2) is 5.94. The van der Waals surface area contributed by atoms with Gasteiger partial charge in [0.15, 0.2) is 0 Å². The minimum absolute atomic E-state index is 0.137. The van der Waals surface area contributed by atoms with Crippen LogP contribution in [0.5, 0.6) is 0 Å². The molecule has 0 spiro atoms. The topological polar surface area (TPSA) is 102 Å². The summed E-state index contributed by atoms with van der Waals surface area (Å²) in [6.45, 7) is 2.55. The zero-order valence-electron chi connectivity index (χ0n) is 13.4. The lowest BCUT2D eigenvalue weighted by atomic mass is 10.1. The van der Waals surface area contributed by atoms with Gasteiger partial charge in [-0.25, -0.2) is 13.6 Å². The predicted octanol–water partition coefficient (Wildman–Crippen LogP) is 2.40. The van der Waals surface area contributed by atoms with E-state index in [-0.39, 0.29) is 10.9 Å². The molecule has 0 amide bonds. The third-order valence-corrected chi connectivity index (χ3v) is 6.03. The molecule has 3 heterocycles. The fourth-order valence-electron chi connectivity index (χ4n) is 3.06. The Bertz CT molecular complexity index is 1010. The van der Waals surface area contributed by atoms with Gasteiger partial charge >= 0.3 is 0 Å². The van der Waals surface area contributed by atoms with Gasteiger partial charge in [0, 0.05) is 11.7 Å². The van der Waals surface area contributed by atoms with Crippen LogP contribution in [0, 0.1) is 0 Å². The largest absolute Gasteiger partial charge is 0.359 e. The summed E-state index contributed by atoms with van der Waals surface area (Å²) < 4.78 is 28.4. The molecule has 1 aliphatic heterocycles. The van der Waals surface area contributed by atoms with Crippen LogP contribution >= 0.6 is 11.3 Å². The average Bonchev–Trinajstić information content (AvgIpc) is 3.27. The second-order valence-corrected chi connectivity index (χ2v) is 8.51. The zero-order chi connectivity index (χ0) is 17.6. The van der Waals surface area contributed by atoms with E-state index in [4.69, 9.17) is 9.66 Å². The molecule has 0 saturated carbocycles. The summed E-state index contributed by atoms with van der Waals surface area (Å²) in [4.78, 5) is 7.69. The third-order valence-electron chi connectivity index (χ3n) is 4.25. The highest BCUT2D eigenvalue weighted by atomic mass is 32.2. The maximum absolute atomic E-state index is 11.5. The number of fused-ring (bicyclic) bond motifs is 1. The summed E-state index contributed by atoms with van der Waals surface area (Å²) in [5.74, 6) is 1.11. The van der Waals surface area contributed by atoms with Crippen molar-refractivity contribution in [3.05, 3.63) is 47.2 Å². The minimum Gasteiger partial charge on any atom is -0.359 e. The number of hydrogen-bond donors (Lipinski definition) is 1. The van der Waals surface area contributed by atoms with Crippen molar-refractivity contribution in [1.29, 1.82) is 0 Å². The molecule has 7 nitrogen and oxygen atoms in total. The van der Waals surface area contributed by atoms with Crippen molar-refractivity contribution in [2.45, 2.75) is 30.8 Å². The SMILES string of the molecule is CC1Cc2cc(S(N)(=O)=O)ccc2N1Cc1nc(-c2cccs2)no1.